The normalized spacial score (nSPS) is 30.6. The largest absolute Gasteiger partial charge is 0.332 e. The Morgan fingerprint density at radius 1 is 1.36 bits per heavy atom. The number of rotatable bonds is 0. The highest BCUT2D eigenvalue weighted by Gasteiger charge is 2.41. The van der Waals surface area contributed by atoms with Gasteiger partial charge in [-0.25, -0.2) is 0 Å². The third-order valence-corrected chi connectivity index (χ3v) is 7.81. The summed E-state index contributed by atoms with van der Waals surface area (Å²) in [6.07, 6.45) is 6.38. The Balaban J connectivity index is 2.10. The minimum Gasteiger partial charge on any atom is -0.332 e. The number of pyridine rings is 1. The van der Waals surface area contributed by atoms with Gasteiger partial charge in [0.25, 0.3) is 0 Å². The van der Waals surface area contributed by atoms with E-state index in [4.69, 9.17) is 0 Å². The molecule has 74 valence electrons. The van der Waals surface area contributed by atoms with Crippen LogP contribution in [-0.4, -0.2) is 32.5 Å². The van der Waals surface area contributed by atoms with Gasteiger partial charge < -0.3 is 10.3 Å². The van der Waals surface area contributed by atoms with Gasteiger partial charge in [-0.1, -0.05) is 0 Å². The first kappa shape index (κ1) is 8.58. The molecule has 0 radical (unpaired) electrons. The van der Waals surface area contributed by atoms with Crippen molar-refractivity contribution in [3.8, 4) is 0 Å². The number of aromatic nitrogens is 1. The van der Waals surface area contributed by atoms with E-state index in [0.717, 1.165) is 6.54 Å². The van der Waals surface area contributed by atoms with E-state index in [1.807, 2.05) is 6.20 Å². The molecule has 1 saturated heterocycles. The van der Waals surface area contributed by atoms with Crippen LogP contribution in [0.2, 0.25) is 6.04 Å². The van der Waals surface area contributed by atoms with Crippen LogP contribution in [0.5, 0.6) is 0 Å². The van der Waals surface area contributed by atoms with Crippen LogP contribution in [-0.2, 0) is 6.42 Å². The zero-order valence-electron chi connectivity index (χ0n) is 8.21. The summed E-state index contributed by atoms with van der Waals surface area (Å²) in [5.74, 6) is 0. The smallest absolute Gasteiger partial charge is 0.174 e. The lowest BCUT2D eigenvalue weighted by molar-refractivity contribution is 0.835. The van der Waals surface area contributed by atoms with Gasteiger partial charge in [-0.15, -0.1) is 0 Å². The molecule has 1 atom stereocenters. The third kappa shape index (κ3) is 1.15. The molecular weight excluding hydrogens is 190 g/mol. The van der Waals surface area contributed by atoms with Crippen LogP contribution in [0.1, 0.15) is 5.56 Å². The first-order valence-electron chi connectivity index (χ1n) is 5.30. The lowest BCUT2D eigenvalue weighted by Crippen LogP contribution is -2.66. The lowest BCUT2D eigenvalue weighted by atomic mass is 10.2. The molecule has 3 heterocycles. The zero-order valence-corrected chi connectivity index (χ0v) is 9.21. The molecule has 0 saturated carbocycles. The first-order chi connectivity index (χ1) is 6.91. The van der Waals surface area contributed by atoms with Crippen molar-refractivity contribution >= 4 is 13.4 Å². The van der Waals surface area contributed by atoms with E-state index in [1.54, 1.807) is 5.19 Å². The zero-order chi connectivity index (χ0) is 9.43. The highest BCUT2D eigenvalue weighted by molar-refractivity contribution is 6.91. The summed E-state index contributed by atoms with van der Waals surface area (Å²) in [6.45, 7) is 2.33. The fourth-order valence-electron chi connectivity index (χ4n) is 2.68. The number of hydrogen-bond acceptors (Lipinski definition) is 3. The minimum atomic E-state index is -1.36. The van der Waals surface area contributed by atoms with E-state index in [-0.39, 0.29) is 0 Å². The monoisotopic (exact) mass is 205 g/mol. The maximum absolute atomic E-state index is 4.28. The van der Waals surface area contributed by atoms with Crippen LogP contribution in [0.25, 0.3) is 0 Å². The van der Waals surface area contributed by atoms with Gasteiger partial charge in [-0.05, 0) is 42.4 Å². The van der Waals surface area contributed by atoms with Crippen molar-refractivity contribution in [2.75, 3.05) is 19.3 Å². The molecule has 3 nitrogen and oxygen atoms in total. The van der Waals surface area contributed by atoms with Crippen LogP contribution >= 0.6 is 0 Å². The first-order valence-corrected chi connectivity index (χ1v) is 7.71. The molecule has 0 aliphatic carbocycles. The standard InChI is InChI=1S/C10H15N3Si/c1-3-11-7-10-9(1)2-4-13-14(10)6-5-12-8-14/h1,3,7,12-13H,2,4-6,8H2. The topological polar surface area (TPSA) is 37.0 Å². The van der Waals surface area contributed by atoms with Crippen molar-refractivity contribution in [1.82, 2.24) is 15.3 Å². The molecule has 1 unspecified atom stereocenters. The molecule has 2 aliphatic heterocycles. The maximum Gasteiger partial charge on any atom is 0.174 e. The van der Waals surface area contributed by atoms with E-state index in [9.17, 15) is 0 Å². The van der Waals surface area contributed by atoms with E-state index in [2.05, 4.69) is 27.5 Å². The average Bonchev–Trinajstić information content (AvgIpc) is 2.68. The number of nitrogens with zero attached hydrogens (tertiary/aromatic N) is 1. The quantitative estimate of drug-likeness (QED) is 0.562. The van der Waals surface area contributed by atoms with E-state index >= 15 is 0 Å². The molecule has 2 N–H and O–H groups in total. The average molecular weight is 205 g/mol. The van der Waals surface area contributed by atoms with Crippen LogP contribution in [0.15, 0.2) is 18.5 Å². The Morgan fingerprint density at radius 2 is 2.36 bits per heavy atom. The highest BCUT2D eigenvalue weighted by Crippen LogP contribution is 2.16. The molecular formula is C10H15N3Si. The fraction of sp³-hybridized carbons (Fsp3) is 0.500. The Bertz CT molecular complexity index is 347. The molecule has 1 aromatic rings. The molecule has 0 bridgehead atoms. The summed E-state index contributed by atoms with van der Waals surface area (Å²) in [4.78, 5) is 8.07. The van der Waals surface area contributed by atoms with E-state index < -0.39 is 8.24 Å². The van der Waals surface area contributed by atoms with Crippen molar-refractivity contribution < 1.29 is 0 Å². The predicted octanol–water partition coefficient (Wildman–Crippen LogP) is -0.478. The molecule has 3 rings (SSSR count). The van der Waals surface area contributed by atoms with Gasteiger partial charge in [0.1, 0.15) is 0 Å². The summed E-state index contributed by atoms with van der Waals surface area (Å²) in [5.41, 5.74) is 1.54. The third-order valence-electron chi connectivity index (χ3n) is 3.44. The summed E-state index contributed by atoms with van der Waals surface area (Å²) < 4.78 is 0. The second-order valence-electron chi connectivity index (χ2n) is 4.22. The van der Waals surface area contributed by atoms with Crippen molar-refractivity contribution in [1.29, 1.82) is 0 Å². The van der Waals surface area contributed by atoms with Crippen molar-refractivity contribution in [2.45, 2.75) is 12.5 Å². The number of fused-ring (bicyclic) bond motifs is 2. The Labute approximate surface area is 85.0 Å². The van der Waals surface area contributed by atoms with Crippen molar-refractivity contribution in [3.63, 3.8) is 0 Å². The lowest BCUT2D eigenvalue weighted by Gasteiger charge is -2.33. The summed E-state index contributed by atoms with van der Waals surface area (Å²) in [5, 5.41) is 5.05. The van der Waals surface area contributed by atoms with Crippen LogP contribution in [0.4, 0.5) is 0 Å². The minimum absolute atomic E-state index is 1.16. The van der Waals surface area contributed by atoms with Gasteiger partial charge in [-0.3, -0.25) is 4.98 Å². The highest BCUT2D eigenvalue weighted by atomic mass is 28.3. The van der Waals surface area contributed by atoms with E-state index in [0.29, 0.717) is 0 Å². The predicted molar refractivity (Wildman–Crippen MR) is 59.0 cm³/mol. The van der Waals surface area contributed by atoms with Gasteiger partial charge in [-0.2, -0.15) is 0 Å². The summed E-state index contributed by atoms with van der Waals surface area (Å²) in [6, 6.07) is 3.52. The molecule has 14 heavy (non-hydrogen) atoms. The second-order valence-corrected chi connectivity index (χ2v) is 8.13. The second kappa shape index (κ2) is 3.15. The van der Waals surface area contributed by atoms with Crippen LogP contribution in [0, 0.1) is 0 Å². The SMILES string of the molecule is c1cc2c(cn1)[Si]1(CCNC1)NCC2. The van der Waals surface area contributed by atoms with Gasteiger partial charge in [0, 0.05) is 18.6 Å². The number of hydrogen-bond donors (Lipinski definition) is 2. The van der Waals surface area contributed by atoms with Gasteiger partial charge >= 0.3 is 0 Å². The van der Waals surface area contributed by atoms with Crippen LogP contribution < -0.4 is 15.5 Å². The van der Waals surface area contributed by atoms with Gasteiger partial charge in [0.05, 0.1) is 0 Å². The molecule has 1 aromatic heterocycles. The maximum atomic E-state index is 4.28. The van der Waals surface area contributed by atoms with Crippen molar-refractivity contribution in [2.24, 2.45) is 0 Å². The Kier molecular flexibility index (Phi) is 1.93. The van der Waals surface area contributed by atoms with Crippen molar-refractivity contribution in [3.05, 3.63) is 24.0 Å². The Hall–Kier alpha value is -0.713. The molecule has 0 amide bonds. The number of nitrogens with one attached hydrogen (secondary N) is 2. The van der Waals surface area contributed by atoms with E-state index in [1.165, 1.54) is 30.7 Å². The molecule has 1 fully saturated rings. The van der Waals surface area contributed by atoms with Gasteiger partial charge in [0.2, 0.25) is 0 Å². The summed E-state index contributed by atoms with van der Waals surface area (Å²) in [7, 11) is -1.36. The molecule has 2 aliphatic rings. The van der Waals surface area contributed by atoms with Crippen LogP contribution in [0.3, 0.4) is 0 Å². The van der Waals surface area contributed by atoms with Gasteiger partial charge in [0.15, 0.2) is 8.24 Å². The molecule has 1 spiro atoms. The summed E-state index contributed by atoms with van der Waals surface area (Å²) >= 11 is 0. The Morgan fingerprint density at radius 3 is 3.21 bits per heavy atom. The molecule has 0 aromatic carbocycles. The molecule has 4 heteroatoms. The fourth-order valence-corrected chi connectivity index (χ4v) is 6.76.